The summed E-state index contributed by atoms with van der Waals surface area (Å²) in [6.07, 6.45) is 2.37. The summed E-state index contributed by atoms with van der Waals surface area (Å²) in [7, 11) is 0. The number of carboxylic acids is 1. The van der Waals surface area contributed by atoms with Crippen molar-refractivity contribution >= 4 is 5.97 Å². The molecule has 1 N–H and O–H groups in total. The van der Waals surface area contributed by atoms with Crippen molar-refractivity contribution in [2.75, 3.05) is 0 Å². The highest BCUT2D eigenvalue weighted by atomic mass is 16.4. The number of allylic oxidation sites excluding steroid dienone is 1. The molecule has 42 valence electrons. The van der Waals surface area contributed by atoms with E-state index in [0.717, 1.165) is 6.08 Å². The van der Waals surface area contributed by atoms with Gasteiger partial charge in [-0.15, -0.1) is 0 Å². The Bertz CT molecular complexity index is 143. The van der Waals surface area contributed by atoms with Gasteiger partial charge < -0.3 is 5.11 Å². The molecule has 0 unspecified atom stereocenters. The van der Waals surface area contributed by atoms with Crippen LogP contribution >= 0.6 is 0 Å². The lowest BCUT2D eigenvalue weighted by atomic mass is 10.4. The van der Waals surface area contributed by atoms with Crippen molar-refractivity contribution in [1.82, 2.24) is 0 Å². The molecule has 3 nitrogen and oxygen atoms in total. The van der Waals surface area contributed by atoms with Gasteiger partial charge in [0.05, 0.1) is 12.5 Å². The highest BCUT2D eigenvalue weighted by Crippen LogP contribution is 1.79. The van der Waals surface area contributed by atoms with E-state index in [1.807, 2.05) is 0 Å². The molecule has 0 rings (SSSR count). The topological polar surface area (TPSA) is 61.1 Å². The molecule has 0 heterocycles. The van der Waals surface area contributed by atoms with Crippen molar-refractivity contribution in [2.45, 2.75) is 6.42 Å². The maximum Gasteiger partial charge on any atom is 0.307 e. The summed E-state index contributed by atoms with van der Waals surface area (Å²) in [6, 6.07) is 1.68. The van der Waals surface area contributed by atoms with Gasteiger partial charge in [-0.1, -0.05) is 6.08 Å². The van der Waals surface area contributed by atoms with Crippen LogP contribution in [0.2, 0.25) is 0 Å². The first kappa shape index (κ1) is 6.70. The number of hydrogen-bond donors (Lipinski definition) is 1. The van der Waals surface area contributed by atoms with Gasteiger partial charge in [0.15, 0.2) is 0 Å². The second kappa shape index (κ2) is 3.88. The summed E-state index contributed by atoms with van der Waals surface area (Å²) in [5.74, 6) is -0.920. The fraction of sp³-hybridized carbons (Fsp3) is 0.200. The fourth-order valence-corrected chi connectivity index (χ4v) is 0.212. The van der Waals surface area contributed by atoms with Crippen LogP contribution in [0.3, 0.4) is 0 Å². The lowest BCUT2D eigenvalue weighted by molar-refractivity contribution is -0.135. The van der Waals surface area contributed by atoms with Gasteiger partial charge in [-0.2, -0.15) is 5.26 Å². The Labute approximate surface area is 46.9 Å². The summed E-state index contributed by atoms with van der Waals surface area (Å²) in [6.45, 7) is 0. The summed E-state index contributed by atoms with van der Waals surface area (Å²) in [5, 5.41) is 15.8. The molecule has 0 atom stereocenters. The van der Waals surface area contributed by atoms with Crippen LogP contribution in [0.4, 0.5) is 0 Å². The van der Waals surface area contributed by atoms with Crippen LogP contribution in [-0.2, 0) is 4.79 Å². The highest BCUT2D eigenvalue weighted by molar-refractivity contribution is 5.68. The number of rotatable bonds is 2. The van der Waals surface area contributed by atoms with Crippen LogP contribution in [0.25, 0.3) is 0 Å². The molecular weight excluding hydrogens is 106 g/mol. The molecule has 8 heavy (non-hydrogen) atoms. The van der Waals surface area contributed by atoms with Crippen LogP contribution in [0.15, 0.2) is 12.2 Å². The predicted octanol–water partition coefficient (Wildman–Crippen LogP) is 0.541. The minimum absolute atomic E-state index is 0.0758. The maximum absolute atomic E-state index is 9.71. The van der Waals surface area contributed by atoms with E-state index in [1.54, 1.807) is 6.07 Å². The number of nitrogens with zero attached hydrogens (tertiary/aromatic N) is 1. The Morgan fingerprint density at radius 2 is 2.50 bits per heavy atom. The van der Waals surface area contributed by atoms with Gasteiger partial charge in [0.1, 0.15) is 0 Å². The Hall–Kier alpha value is -1.30. The van der Waals surface area contributed by atoms with E-state index in [2.05, 4.69) is 0 Å². The van der Waals surface area contributed by atoms with Gasteiger partial charge in [0, 0.05) is 6.08 Å². The molecule has 0 aromatic rings. The molecule has 0 aliphatic heterocycles. The van der Waals surface area contributed by atoms with Crippen molar-refractivity contribution in [1.29, 1.82) is 5.26 Å². The minimum Gasteiger partial charge on any atom is -0.481 e. The van der Waals surface area contributed by atoms with E-state index in [0.29, 0.717) is 0 Å². The Kier molecular flexibility index (Phi) is 3.25. The largest absolute Gasteiger partial charge is 0.481 e. The molecule has 0 aliphatic carbocycles. The first-order chi connectivity index (χ1) is 3.77. The highest BCUT2D eigenvalue weighted by Gasteiger charge is 1.86. The van der Waals surface area contributed by atoms with E-state index in [1.165, 1.54) is 6.08 Å². The third-order valence-electron chi connectivity index (χ3n) is 0.485. The van der Waals surface area contributed by atoms with Crippen LogP contribution < -0.4 is 0 Å². The van der Waals surface area contributed by atoms with Crippen LogP contribution in [0.1, 0.15) is 6.42 Å². The Morgan fingerprint density at radius 3 is 2.88 bits per heavy atom. The van der Waals surface area contributed by atoms with Crippen LogP contribution in [-0.4, -0.2) is 11.1 Å². The van der Waals surface area contributed by atoms with Crippen molar-refractivity contribution in [2.24, 2.45) is 0 Å². The molecule has 0 saturated carbocycles. The summed E-state index contributed by atoms with van der Waals surface area (Å²) in [5.41, 5.74) is 0. The Balaban J connectivity index is 3.34. The molecule has 0 aromatic heterocycles. The SMILES string of the molecule is N#C/C=C/CC(=O)O. The van der Waals surface area contributed by atoms with Gasteiger partial charge in [0.25, 0.3) is 0 Å². The van der Waals surface area contributed by atoms with Gasteiger partial charge in [0.2, 0.25) is 0 Å². The third-order valence-corrected chi connectivity index (χ3v) is 0.485. The number of carbonyl (C=O) groups is 1. The van der Waals surface area contributed by atoms with Gasteiger partial charge >= 0.3 is 5.97 Å². The average Bonchev–Trinajstić information content (AvgIpc) is 1.66. The van der Waals surface area contributed by atoms with Crippen LogP contribution in [0, 0.1) is 11.3 Å². The second-order valence-electron chi connectivity index (χ2n) is 1.13. The number of aliphatic carboxylic acids is 1. The summed E-state index contributed by atoms with van der Waals surface area (Å²) in [4.78, 5) is 9.71. The molecule has 0 bridgehead atoms. The standard InChI is InChI=1S/C5H5NO2/c6-4-2-1-3-5(7)8/h1-2H,3H2,(H,7,8)/b2-1+. The number of hydrogen-bond acceptors (Lipinski definition) is 2. The smallest absolute Gasteiger partial charge is 0.307 e. The van der Waals surface area contributed by atoms with Gasteiger partial charge in [-0.3, -0.25) is 4.79 Å². The molecule has 0 saturated heterocycles. The van der Waals surface area contributed by atoms with Crippen molar-refractivity contribution in [3.05, 3.63) is 12.2 Å². The predicted molar refractivity (Wildman–Crippen MR) is 27.0 cm³/mol. The van der Waals surface area contributed by atoms with Crippen molar-refractivity contribution < 1.29 is 9.90 Å². The van der Waals surface area contributed by atoms with E-state index in [9.17, 15) is 4.79 Å². The first-order valence-electron chi connectivity index (χ1n) is 2.04. The number of nitriles is 1. The summed E-state index contributed by atoms with van der Waals surface area (Å²) >= 11 is 0. The quantitative estimate of drug-likeness (QED) is 0.529. The molecule has 0 fully saturated rings. The molecule has 0 aromatic carbocycles. The second-order valence-corrected chi connectivity index (χ2v) is 1.13. The van der Waals surface area contributed by atoms with E-state index in [4.69, 9.17) is 10.4 Å². The lowest BCUT2D eigenvalue weighted by Gasteiger charge is -1.76. The first-order valence-corrected chi connectivity index (χ1v) is 2.04. The zero-order chi connectivity index (χ0) is 6.41. The van der Waals surface area contributed by atoms with E-state index < -0.39 is 5.97 Å². The van der Waals surface area contributed by atoms with E-state index >= 15 is 0 Å². The molecule has 3 heteroatoms. The fourth-order valence-electron chi connectivity index (χ4n) is 0.212. The van der Waals surface area contributed by atoms with E-state index in [-0.39, 0.29) is 6.42 Å². The molecular formula is C5H5NO2. The summed E-state index contributed by atoms with van der Waals surface area (Å²) < 4.78 is 0. The molecule has 0 amide bonds. The zero-order valence-electron chi connectivity index (χ0n) is 4.16. The number of carboxylic acid groups (broad SMARTS) is 1. The minimum atomic E-state index is -0.920. The van der Waals surface area contributed by atoms with Crippen molar-refractivity contribution in [3.8, 4) is 6.07 Å². The normalized spacial score (nSPS) is 8.88. The maximum atomic E-state index is 9.71. The Morgan fingerprint density at radius 1 is 1.88 bits per heavy atom. The van der Waals surface area contributed by atoms with Crippen LogP contribution in [0.5, 0.6) is 0 Å². The molecule has 0 spiro atoms. The van der Waals surface area contributed by atoms with Gasteiger partial charge in [-0.25, -0.2) is 0 Å². The molecule has 0 radical (unpaired) electrons. The monoisotopic (exact) mass is 111 g/mol. The zero-order valence-corrected chi connectivity index (χ0v) is 4.16. The molecule has 0 aliphatic rings. The lowest BCUT2D eigenvalue weighted by Crippen LogP contribution is -1.89. The van der Waals surface area contributed by atoms with Gasteiger partial charge in [-0.05, 0) is 0 Å². The van der Waals surface area contributed by atoms with Crippen molar-refractivity contribution in [3.63, 3.8) is 0 Å². The third kappa shape index (κ3) is 4.70. The average molecular weight is 111 g/mol.